The van der Waals surface area contributed by atoms with Crippen LogP contribution in [-0.4, -0.2) is 24.0 Å². The van der Waals surface area contributed by atoms with Gasteiger partial charge in [-0.05, 0) is 36.0 Å². The number of nitrogens with zero attached hydrogens (tertiary/aromatic N) is 1. The van der Waals surface area contributed by atoms with Crippen molar-refractivity contribution in [2.24, 2.45) is 0 Å². The number of benzene rings is 1. The minimum atomic E-state index is -4.80. The second kappa shape index (κ2) is 4.63. The fraction of sp³-hybridized carbons (Fsp3) is 0.462. The Labute approximate surface area is 103 Å². The highest BCUT2D eigenvalue weighted by Crippen LogP contribution is 2.24. The number of hydrogen-bond donors (Lipinski definition) is 0. The van der Waals surface area contributed by atoms with Crippen LogP contribution in [0, 0.1) is 0 Å². The molecule has 0 radical (unpaired) electrons. The number of fused-ring (bicyclic) bond motifs is 1. The quantitative estimate of drug-likeness (QED) is 0.797. The second-order valence-electron chi connectivity index (χ2n) is 4.62. The molecular weight excluding hydrogens is 243 g/mol. The number of carbonyl (C=O) groups excluding carboxylic acids is 1. The molecule has 0 fully saturated rings. The van der Waals surface area contributed by atoms with E-state index in [1.54, 1.807) is 6.07 Å². The molecule has 0 bridgehead atoms. The average molecular weight is 257 g/mol. The van der Waals surface area contributed by atoms with Gasteiger partial charge >= 0.3 is 12.1 Å². The van der Waals surface area contributed by atoms with Crippen LogP contribution in [0.1, 0.15) is 23.1 Å². The van der Waals surface area contributed by atoms with Crippen LogP contribution in [0.15, 0.2) is 18.2 Å². The molecule has 1 amide bonds. The monoisotopic (exact) mass is 257 g/mol. The number of hydrogen-bond acceptors (Lipinski definition) is 1. The lowest BCUT2D eigenvalue weighted by Crippen LogP contribution is -2.37. The normalized spacial score (nSPS) is 14.4. The first kappa shape index (κ1) is 12.9. The average Bonchev–Trinajstić information content (AvgIpc) is 2.73. The first-order valence-corrected chi connectivity index (χ1v) is 5.81. The fourth-order valence-corrected chi connectivity index (χ4v) is 2.29. The van der Waals surface area contributed by atoms with Crippen LogP contribution < -0.4 is 0 Å². The Morgan fingerprint density at radius 1 is 1.28 bits per heavy atom. The van der Waals surface area contributed by atoms with Crippen molar-refractivity contribution in [3.8, 4) is 0 Å². The molecule has 0 aliphatic heterocycles. The van der Waals surface area contributed by atoms with E-state index < -0.39 is 12.1 Å². The molecule has 1 aliphatic rings. The molecule has 0 unspecified atom stereocenters. The summed E-state index contributed by atoms with van der Waals surface area (Å²) >= 11 is 0. The Morgan fingerprint density at radius 2 is 1.94 bits per heavy atom. The van der Waals surface area contributed by atoms with Crippen molar-refractivity contribution >= 4 is 5.91 Å². The third-order valence-corrected chi connectivity index (χ3v) is 3.17. The van der Waals surface area contributed by atoms with Crippen LogP contribution >= 0.6 is 0 Å². The Kier molecular flexibility index (Phi) is 3.32. The predicted molar refractivity (Wildman–Crippen MR) is 61.0 cm³/mol. The van der Waals surface area contributed by atoms with Gasteiger partial charge in [0.25, 0.3) is 0 Å². The zero-order valence-corrected chi connectivity index (χ0v) is 10.0. The highest BCUT2D eigenvalue weighted by molar-refractivity contribution is 5.81. The number of halogens is 3. The summed E-state index contributed by atoms with van der Waals surface area (Å²) in [5.41, 5.74) is 3.21. The smallest absolute Gasteiger partial charge is 0.334 e. The number of amides is 1. The van der Waals surface area contributed by atoms with Crippen molar-refractivity contribution in [1.82, 2.24) is 4.90 Å². The summed E-state index contributed by atoms with van der Waals surface area (Å²) in [6, 6.07) is 5.65. The molecule has 1 aromatic carbocycles. The van der Waals surface area contributed by atoms with Crippen molar-refractivity contribution in [3.05, 3.63) is 34.9 Å². The van der Waals surface area contributed by atoms with Gasteiger partial charge in [-0.25, -0.2) is 0 Å². The molecule has 0 spiro atoms. The van der Waals surface area contributed by atoms with Gasteiger partial charge in [0.15, 0.2) is 0 Å². The Hall–Kier alpha value is -1.52. The van der Waals surface area contributed by atoms with E-state index in [0.717, 1.165) is 24.8 Å². The van der Waals surface area contributed by atoms with Crippen LogP contribution in [0.3, 0.4) is 0 Å². The Bertz CT molecular complexity index is 468. The van der Waals surface area contributed by atoms with Gasteiger partial charge in [-0.15, -0.1) is 0 Å². The van der Waals surface area contributed by atoms with Gasteiger partial charge in [0, 0.05) is 13.6 Å². The molecule has 2 nitrogen and oxygen atoms in total. The van der Waals surface area contributed by atoms with Gasteiger partial charge in [0.2, 0.25) is 0 Å². The van der Waals surface area contributed by atoms with E-state index in [-0.39, 0.29) is 6.54 Å². The number of carbonyl (C=O) groups is 1. The van der Waals surface area contributed by atoms with Crippen molar-refractivity contribution in [2.75, 3.05) is 7.05 Å². The van der Waals surface area contributed by atoms with E-state index >= 15 is 0 Å². The molecule has 18 heavy (non-hydrogen) atoms. The summed E-state index contributed by atoms with van der Waals surface area (Å²) in [5.74, 6) is -1.80. The molecule has 0 N–H and O–H groups in total. The van der Waals surface area contributed by atoms with Crippen molar-refractivity contribution in [3.63, 3.8) is 0 Å². The van der Waals surface area contributed by atoms with Crippen molar-refractivity contribution in [1.29, 1.82) is 0 Å². The van der Waals surface area contributed by atoms with Gasteiger partial charge < -0.3 is 4.90 Å². The van der Waals surface area contributed by atoms with Crippen molar-refractivity contribution < 1.29 is 18.0 Å². The number of aryl methyl sites for hydroxylation is 2. The van der Waals surface area contributed by atoms with Gasteiger partial charge in [-0.1, -0.05) is 18.2 Å². The zero-order chi connectivity index (χ0) is 13.3. The Morgan fingerprint density at radius 3 is 2.61 bits per heavy atom. The molecule has 0 atom stereocenters. The maximum Gasteiger partial charge on any atom is 0.471 e. The van der Waals surface area contributed by atoms with E-state index in [1.165, 1.54) is 18.2 Å². The largest absolute Gasteiger partial charge is 0.471 e. The molecule has 0 heterocycles. The first-order chi connectivity index (χ1) is 8.38. The summed E-state index contributed by atoms with van der Waals surface area (Å²) in [7, 11) is 1.17. The van der Waals surface area contributed by atoms with Crippen molar-refractivity contribution in [2.45, 2.75) is 32.0 Å². The first-order valence-electron chi connectivity index (χ1n) is 5.81. The topological polar surface area (TPSA) is 20.3 Å². The molecular formula is C13H14F3NO. The molecule has 0 aromatic heterocycles. The number of rotatable bonds is 2. The van der Waals surface area contributed by atoms with E-state index in [1.807, 2.05) is 12.1 Å². The third-order valence-electron chi connectivity index (χ3n) is 3.17. The third kappa shape index (κ3) is 2.66. The lowest BCUT2D eigenvalue weighted by molar-refractivity contribution is -0.184. The lowest BCUT2D eigenvalue weighted by atomic mass is 10.1. The van der Waals surface area contributed by atoms with E-state index in [9.17, 15) is 18.0 Å². The van der Waals surface area contributed by atoms with E-state index in [4.69, 9.17) is 0 Å². The molecule has 5 heteroatoms. The summed E-state index contributed by atoms with van der Waals surface area (Å²) in [6.45, 7) is -0.00831. The summed E-state index contributed by atoms with van der Waals surface area (Å²) in [6.07, 6.45) is -1.70. The highest BCUT2D eigenvalue weighted by Gasteiger charge is 2.41. The molecule has 0 saturated heterocycles. The zero-order valence-electron chi connectivity index (χ0n) is 10.0. The van der Waals surface area contributed by atoms with Crippen LogP contribution in [0.2, 0.25) is 0 Å². The summed E-state index contributed by atoms with van der Waals surface area (Å²) < 4.78 is 36.7. The van der Waals surface area contributed by atoms with Crippen LogP contribution in [0.5, 0.6) is 0 Å². The maximum absolute atomic E-state index is 12.2. The predicted octanol–water partition coefficient (Wildman–Crippen LogP) is 2.70. The summed E-state index contributed by atoms with van der Waals surface area (Å²) in [5, 5.41) is 0. The SMILES string of the molecule is CN(Cc1ccc2c(c1)CCC2)C(=O)C(F)(F)F. The highest BCUT2D eigenvalue weighted by atomic mass is 19.4. The van der Waals surface area contributed by atoms with Gasteiger partial charge in [-0.3, -0.25) is 4.79 Å². The van der Waals surface area contributed by atoms with Gasteiger partial charge in [0.1, 0.15) is 0 Å². The van der Waals surface area contributed by atoms with Gasteiger partial charge in [-0.2, -0.15) is 13.2 Å². The minimum Gasteiger partial charge on any atom is -0.334 e. The Balaban J connectivity index is 2.08. The van der Waals surface area contributed by atoms with Gasteiger partial charge in [0.05, 0.1) is 0 Å². The summed E-state index contributed by atoms with van der Waals surface area (Å²) in [4.78, 5) is 11.7. The van der Waals surface area contributed by atoms with Crippen LogP contribution in [0.4, 0.5) is 13.2 Å². The molecule has 1 aromatic rings. The van der Waals surface area contributed by atoms with Crippen LogP contribution in [-0.2, 0) is 24.2 Å². The number of alkyl halides is 3. The van der Waals surface area contributed by atoms with E-state index in [2.05, 4.69) is 0 Å². The lowest BCUT2D eigenvalue weighted by Gasteiger charge is -2.19. The van der Waals surface area contributed by atoms with Crippen LogP contribution in [0.25, 0.3) is 0 Å². The maximum atomic E-state index is 12.2. The standard InChI is InChI=1S/C13H14F3NO/c1-17(12(18)13(14,15)16)8-9-5-6-10-3-2-4-11(10)7-9/h5-7H,2-4,8H2,1H3. The molecule has 2 rings (SSSR count). The molecule has 98 valence electrons. The van der Waals surface area contributed by atoms with E-state index in [0.29, 0.717) is 4.90 Å². The fourth-order valence-electron chi connectivity index (χ4n) is 2.29. The molecule has 1 aliphatic carbocycles. The second-order valence-corrected chi connectivity index (χ2v) is 4.62. The molecule has 0 saturated carbocycles. The minimum absolute atomic E-state index is 0.00831.